The van der Waals surface area contributed by atoms with Gasteiger partial charge in [0.1, 0.15) is 17.7 Å². The molecule has 0 aliphatic carbocycles. The number of imidazole rings is 1. The Morgan fingerprint density at radius 2 is 1.93 bits per heavy atom. The normalized spacial score (nSPS) is 14.6. The molecule has 8 nitrogen and oxygen atoms in total. The summed E-state index contributed by atoms with van der Waals surface area (Å²) in [5.41, 5.74) is 1.15. The van der Waals surface area contributed by atoms with Crippen molar-refractivity contribution in [1.29, 1.82) is 0 Å². The van der Waals surface area contributed by atoms with Gasteiger partial charge in [0.25, 0.3) is 5.56 Å². The van der Waals surface area contributed by atoms with Crippen LogP contribution in [0.3, 0.4) is 0 Å². The van der Waals surface area contributed by atoms with Crippen LogP contribution in [0.2, 0.25) is 0 Å². The Kier molecular flexibility index (Phi) is 5.10. The van der Waals surface area contributed by atoms with Crippen LogP contribution in [0.15, 0.2) is 33.9 Å². The Morgan fingerprint density at radius 1 is 1.17 bits per heavy atom. The van der Waals surface area contributed by atoms with Gasteiger partial charge in [0.05, 0.1) is 13.2 Å². The molecular weight excluding hydrogens is 372 g/mol. The van der Waals surface area contributed by atoms with Crippen molar-refractivity contribution in [2.75, 3.05) is 13.2 Å². The van der Waals surface area contributed by atoms with Crippen LogP contribution in [0.5, 0.6) is 5.75 Å². The minimum absolute atomic E-state index is 0.112. The van der Waals surface area contributed by atoms with Gasteiger partial charge in [0, 0.05) is 20.1 Å². The quantitative estimate of drug-likeness (QED) is 0.636. The second kappa shape index (κ2) is 7.71. The number of hydrogen-bond donors (Lipinski definition) is 0. The SMILES string of the molecule is CCn1c(=O)c2c(nc(/C=C/c3cccc(OC4COC4)c3)n2C)n(CC)c1=O. The van der Waals surface area contributed by atoms with E-state index in [2.05, 4.69) is 4.98 Å². The molecule has 0 spiro atoms. The molecule has 0 saturated carbocycles. The highest BCUT2D eigenvalue weighted by molar-refractivity contribution is 5.76. The molecule has 2 aromatic heterocycles. The predicted octanol–water partition coefficient (Wildman–Crippen LogP) is 1.88. The first kappa shape index (κ1) is 19.2. The summed E-state index contributed by atoms with van der Waals surface area (Å²) >= 11 is 0. The minimum Gasteiger partial charge on any atom is -0.486 e. The summed E-state index contributed by atoms with van der Waals surface area (Å²) in [5.74, 6) is 1.39. The summed E-state index contributed by atoms with van der Waals surface area (Å²) in [6.45, 7) is 5.66. The molecule has 0 radical (unpaired) electrons. The second-order valence-electron chi connectivity index (χ2n) is 6.96. The monoisotopic (exact) mass is 396 g/mol. The first-order valence-electron chi connectivity index (χ1n) is 9.76. The maximum absolute atomic E-state index is 12.8. The summed E-state index contributed by atoms with van der Waals surface area (Å²) in [7, 11) is 1.79. The molecule has 0 unspecified atom stereocenters. The van der Waals surface area contributed by atoms with Crippen LogP contribution in [-0.2, 0) is 24.9 Å². The Labute approximate surface area is 167 Å². The van der Waals surface area contributed by atoms with E-state index in [-0.39, 0.29) is 17.4 Å². The Bertz CT molecular complexity index is 1200. The number of nitrogens with zero attached hydrogens (tertiary/aromatic N) is 4. The lowest BCUT2D eigenvalue weighted by molar-refractivity contribution is -0.0796. The number of aryl methyl sites for hydroxylation is 2. The van der Waals surface area contributed by atoms with Gasteiger partial charge in [0.2, 0.25) is 0 Å². The number of aromatic nitrogens is 4. The molecule has 0 amide bonds. The summed E-state index contributed by atoms with van der Waals surface area (Å²) in [6.07, 6.45) is 3.87. The van der Waals surface area contributed by atoms with Crippen molar-refractivity contribution >= 4 is 23.3 Å². The third-order valence-corrected chi connectivity index (χ3v) is 5.10. The summed E-state index contributed by atoms with van der Waals surface area (Å²) in [6, 6.07) is 7.76. The van der Waals surface area contributed by atoms with Gasteiger partial charge in [-0.15, -0.1) is 0 Å². The fourth-order valence-corrected chi connectivity index (χ4v) is 3.43. The molecule has 3 aromatic rings. The maximum atomic E-state index is 12.8. The molecule has 3 heterocycles. The van der Waals surface area contributed by atoms with E-state index in [1.54, 1.807) is 18.5 Å². The van der Waals surface area contributed by atoms with Gasteiger partial charge in [-0.05, 0) is 37.6 Å². The number of rotatable bonds is 6. The number of fused-ring (bicyclic) bond motifs is 1. The highest BCUT2D eigenvalue weighted by Gasteiger charge is 2.20. The maximum Gasteiger partial charge on any atom is 0.332 e. The lowest BCUT2D eigenvalue weighted by atomic mass is 10.2. The first-order chi connectivity index (χ1) is 14.0. The molecule has 1 aromatic carbocycles. The topological polar surface area (TPSA) is 80.3 Å². The smallest absolute Gasteiger partial charge is 0.332 e. The van der Waals surface area contributed by atoms with E-state index in [1.165, 1.54) is 9.13 Å². The third kappa shape index (κ3) is 3.40. The molecule has 0 atom stereocenters. The van der Waals surface area contributed by atoms with Gasteiger partial charge >= 0.3 is 5.69 Å². The zero-order valence-electron chi connectivity index (χ0n) is 16.8. The van der Waals surface area contributed by atoms with Gasteiger partial charge < -0.3 is 14.0 Å². The number of benzene rings is 1. The first-order valence-corrected chi connectivity index (χ1v) is 9.76. The average molecular weight is 396 g/mol. The zero-order valence-corrected chi connectivity index (χ0v) is 16.8. The van der Waals surface area contributed by atoms with Crippen molar-refractivity contribution in [2.45, 2.75) is 33.0 Å². The van der Waals surface area contributed by atoms with Crippen LogP contribution < -0.4 is 16.0 Å². The molecule has 0 bridgehead atoms. The van der Waals surface area contributed by atoms with Crippen LogP contribution in [0, 0.1) is 0 Å². The zero-order chi connectivity index (χ0) is 20.5. The van der Waals surface area contributed by atoms with Crippen molar-refractivity contribution < 1.29 is 9.47 Å². The Balaban J connectivity index is 1.72. The minimum atomic E-state index is -0.328. The Hall–Kier alpha value is -3.13. The largest absolute Gasteiger partial charge is 0.486 e. The second-order valence-corrected chi connectivity index (χ2v) is 6.96. The number of hydrogen-bond acceptors (Lipinski definition) is 5. The van der Waals surface area contributed by atoms with Gasteiger partial charge in [-0.2, -0.15) is 0 Å². The fourth-order valence-electron chi connectivity index (χ4n) is 3.43. The van der Waals surface area contributed by atoms with Gasteiger partial charge in [0.15, 0.2) is 11.2 Å². The lowest BCUT2D eigenvalue weighted by Gasteiger charge is -2.26. The third-order valence-electron chi connectivity index (χ3n) is 5.10. The standard InChI is InChI=1S/C21H24N4O4/c1-4-24-19-18(20(26)25(5-2)21(24)27)23(3)17(22-19)10-9-14-7-6-8-15(11-14)29-16-12-28-13-16/h6-11,16H,4-5,12-13H2,1-3H3/b10-9+. The van der Waals surface area contributed by atoms with Crippen LogP contribution in [0.4, 0.5) is 0 Å². The predicted molar refractivity (Wildman–Crippen MR) is 111 cm³/mol. The van der Waals surface area contributed by atoms with Gasteiger partial charge in [-0.1, -0.05) is 18.2 Å². The lowest BCUT2D eigenvalue weighted by Crippen LogP contribution is -2.39. The van der Waals surface area contributed by atoms with Crippen molar-refractivity contribution in [2.24, 2.45) is 7.05 Å². The fraction of sp³-hybridized carbons (Fsp3) is 0.381. The van der Waals surface area contributed by atoms with E-state index >= 15 is 0 Å². The highest BCUT2D eigenvalue weighted by Crippen LogP contribution is 2.19. The van der Waals surface area contributed by atoms with Crippen LogP contribution in [-0.4, -0.2) is 38.0 Å². The molecule has 1 fully saturated rings. The summed E-state index contributed by atoms with van der Waals surface area (Å²) < 4.78 is 15.5. The van der Waals surface area contributed by atoms with E-state index in [4.69, 9.17) is 9.47 Å². The molecule has 1 aliphatic heterocycles. The molecular formula is C21H24N4O4. The summed E-state index contributed by atoms with van der Waals surface area (Å²) in [4.78, 5) is 29.9. The molecule has 29 heavy (non-hydrogen) atoms. The van der Waals surface area contributed by atoms with Crippen molar-refractivity contribution in [3.05, 3.63) is 56.5 Å². The van der Waals surface area contributed by atoms with E-state index < -0.39 is 0 Å². The van der Waals surface area contributed by atoms with E-state index in [1.807, 2.05) is 43.3 Å². The average Bonchev–Trinajstić information content (AvgIpc) is 3.01. The molecule has 0 N–H and O–H groups in total. The molecule has 152 valence electrons. The van der Waals surface area contributed by atoms with E-state index in [9.17, 15) is 9.59 Å². The highest BCUT2D eigenvalue weighted by atomic mass is 16.6. The van der Waals surface area contributed by atoms with Gasteiger partial charge in [-0.25, -0.2) is 9.78 Å². The molecule has 1 saturated heterocycles. The molecule has 1 aliphatic rings. The van der Waals surface area contributed by atoms with Crippen molar-refractivity contribution in [3.63, 3.8) is 0 Å². The van der Waals surface area contributed by atoms with Crippen LogP contribution >= 0.6 is 0 Å². The van der Waals surface area contributed by atoms with Crippen molar-refractivity contribution in [1.82, 2.24) is 18.7 Å². The van der Waals surface area contributed by atoms with E-state index in [0.717, 1.165) is 11.3 Å². The molecule has 8 heteroatoms. The van der Waals surface area contributed by atoms with E-state index in [0.29, 0.717) is 43.3 Å². The van der Waals surface area contributed by atoms with Crippen LogP contribution in [0.1, 0.15) is 25.2 Å². The van der Waals surface area contributed by atoms with Crippen LogP contribution in [0.25, 0.3) is 23.3 Å². The summed E-state index contributed by atoms with van der Waals surface area (Å²) in [5, 5.41) is 0. The van der Waals surface area contributed by atoms with Crippen molar-refractivity contribution in [3.8, 4) is 5.75 Å². The van der Waals surface area contributed by atoms with Gasteiger partial charge in [-0.3, -0.25) is 13.9 Å². The molecule has 4 rings (SSSR count). The Morgan fingerprint density at radius 3 is 2.59 bits per heavy atom. The number of ether oxygens (including phenoxy) is 2.